The van der Waals surface area contributed by atoms with Crippen LogP contribution < -0.4 is 10.6 Å². The van der Waals surface area contributed by atoms with E-state index in [0.29, 0.717) is 32.7 Å². The first-order chi connectivity index (χ1) is 14.5. The number of aliphatic hydroxyl groups is 2. The van der Waals surface area contributed by atoms with E-state index in [1.54, 1.807) is 42.5 Å². The van der Waals surface area contributed by atoms with Gasteiger partial charge >= 0.3 is 0 Å². The number of aliphatic hydroxyl groups excluding tert-OH is 2. The molecule has 0 saturated heterocycles. The van der Waals surface area contributed by atoms with Crippen molar-refractivity contribution in [2.45, 2.75) is 18.6 Å². The van der Waals surface area contributed by atoms with Crippen molar-refractivity contribution in [2.75, 3.05) is 11.9 Å². The topological polar surface area (TPSA) is 94.5 Å². The average Bonchev–Trinajstić information content (AvgIpc) is 2.76. The predicted octanol–water partition coefficient (Wildman–Crippen LogP) is 3.89. The number of benzene rings is 2. The van der Waals surface area contributed by atoms with Crippen LogP contribution in [-0.4, -0.2) is 33.8 Å². The van der Waals surface area contributed by atoms with Crippen molar-refractivity contribution in [3.8, 4) is 0 Å². The fraction of sp³-hybridized carbons (Fsp3) is 0.182. The summed E-state index contributed by atoms with van der Waals surface area (Å²) in [7, 11) is 0. The number of aromatic nitrogens is 1. The van der Waals surface area contributed by atoms with E-state index in [0.717, 1.165) is 0 Å². The molecule has 3 rings (SSSR count). The van der Waals surface area contributed by atoms with Gasteiger partial charge in [-0.25, -0.2) is 0 Å². The lowest BCUT2D eigenvalue weighted by Crippen LogP contribution is -2.42. The van der Waals surface area contributed by atoms with Gasteiger partial charge in [0.1, 0.15) is 6.10 Å². The lowest BCUT2D eigenvalue weighted by molar-refractivity contribution is -0.122. The number of carbonyl (C=O) groups excluding carboxylic acids is 1. The third-order valence-electron chi connectivity index (χ3n) is 4.51. The molecule has 156 valence electrons. The van der Waals surface area contributed by atoms with Gasteiger partial charge in [0, 0.05) is 11.9 Å². The summed E-state index contributed by atoms with van der Waals surface area (Å²) in [6.07, 6.45) is 0.434. The smallest absolute Gasteiger partial charge is 0.224 e. The van der Waals surface area contributed by atoms with Crippen LogP contribution in [0, 0.1) is 0 Å². The number of anilines is 2. The summed E-state index contributed by atoms with van der Waals surface area (Å²) in [5.41, 5.74) is 2.29. The third kappa shape index (κ3) is 5.49. The first-order valence-corrected chi connectivity index (χ1v) is 10.0. The molecule has 0 radical (unpaired) electrons. The summed E-state index contributed by atoms with van der Waals surface area (Å²) in [4.78, 5) is 16.7. The third-order valence-corrected chi connectivity index (χ3v) is 5.14. The number of amides is 1. The molecule has 2 aromatic carbocycles. The molecule has 1 heterocycles. The highest BCUT2D eigenvalue weighted by atomic mass is 35.5. The van der Waals surface area contributed by atoms with E-state index in [1.807, 2.05) is 18.2 Å². The summed E-state index contributed by atoms with van der Waals surface area (Å²) < 4.78 is 0. The van der Waals surface area contributed by atoms with Crippen LogP contribution in [0.25, 0.3) is 0 Å². The minimum atomic E-state index is -1.13. The molecule has 30 heavy (non-hydrogen) atoms. The molecule has 0 fully saturated rings. The normalized spacial score (nSPS) is 12.8. The fourth-order valence-corrected chi connectivity index (χ4v) is 3.45. The number of hydrogen-bond donors (Lipinski definition) is 4. The fourth-order valence-electron chi connectivity index (χ4n) is 2.96. The van der Waals surface area contributed by atoms with Gasteiger partial charge in [0.2, 0.25) is 5.91 Å². The molecule has 3 aromatic rings. The Morgan fingerprint density at radius 1 is 1.00 bits per heavy atom. The Bertz CT molecular complexity index is 982. The predicted molar refractivity (Wildman–Crippen MR) is 118 cm³/mol. The van der Waals surface area contributed by atoms with Gasteiger partial charge in [-0.1, -0.05) is 53.5 Å². The highest BCUT2D eigenvalue weighted by molar-refractivity contribution is 6.39. The molecule has 0 bridgehead atoms. The van der Waals surface area contributed by atoms with Gasteiger partial charge in [-0.3, -0.25) is 9.78 Å². The second-order valence-electron chi connectivity index (χ2n) is 6.61. The second kappa shape index (κ2) is 10.4. The van der Waals surface area contributed by atoms with Gasteiger partial charge in [-0.15, -0.1) is 0 Å². The van der Waals surface area contributed by atoms with Crippen LogP contribution in [0.5, 0.6) is 0 Å². The van der Waals surface area contributed by atoms with Crippen LogP contribution in [-0.2, 0) is 11.2 Å². The van der Waals surface area contributed by atoms with Gasteiger partial charge in [0.25, 0.3) is 0 Å². The van der Waals surface area contributed by atoms with Crippen LogP contribution >= 0.6 is 23.2 Å². The summed E-state index contributed by atoms with van der Waals surface area (Å²) in [5.74, 6) is -0.358. The zero-order valence-corrected chi connectivity index (χ0v) is 17.4. The van der Waals surface area contributed by atoms with Crippen LogP contribution in [0.3, 0.4) is 0 Å². The zero-order valence-electron chi connectivity index (χ0n) is 15.9. The van der Waals surface area contributed by atoms with Gasteiger partial charge in [-0.2, -0.15) is 0 Å². The number of rotatable bonds is 8. The van der Waals surface area contributed by atoms with Crippen molar-refractivity contribution in [3.05, 3.63) is 88.2 Å². The van der Waals surface area contributed by atoms with Gasteiger partial charge in [-0.05, 0) is 35.9 Å². The number of pyridine rings is 1. The summed E-state index contributed by atoms with van der Waals surface area (Å²) in [6, 6.07) is 16.6. The molecule has 1 aromatic heterocycles. The lowest BCUT2D eigenvalue weighted by Gasteiger charge is -2.22. The molecule has 1 amide bonds. The summed E-state index contributed by atoms with van der Waals surface area (Å²) in [5, 5.41) is 26.8. The first kappa shape index (κ1) is 22.1. The zero-order chi connectivity index (χ0) is 21.5. The maximum atomic E-state index is 12.6. The Morgan fingerprint density at radius 3 is 2.37 bits per heavy atom. The number of carbonyl (C=O) groups is 1. The monoisotopic (exact) mass is 445 g/mol. The van der Waals surface area contributed by atoms with Gasteiger partial charge < -0.3 is 20.8 Å². The van der Waals surface area contributed by atoms with Crippen molar-refractivity contribution >= 4 is 40.5 Å². The van der Waals surface area contributed by atoms with E-state index in [4.69, 9.17) is 23.2 Å². The molecule has 6 nitrogen and oxygen atoms in total. The van der Waals surface area contributed by atoms with E-state index in [2.05, 4.69) is 15.6 Å². The van der Waals surface area contributed by atoms with Gasteiger partial charge in [0.05, 0.1) is 40.5 Å². The maximum Gasteiger partial charge on any atom is 0.224 e. The minimum Gasteiger partial charge on any atom is -0.394 e. The number of hydrogen-bond acceptors (Lipinski definition) is 5. The first-order valence-electron chi connectivity index (χ1n) is 9.27. The van der Waals surface area contributed by atoms with E-state index in [1.165, 1.54) is 6.20 Å². The molecular weight excluding hydrogens is 425 g/mol. The van der Waals surface area contributed by atoms with Crippen molar-refractivity contribution in [1.82, 2.24) is 10.3 Å². The highest BCUT2D eigenvalue weighted by Crippen LogP contribution is 2.33. The maximum absolute atomic E-state index is 12.6. The molecule has 0 aliphatic rings. The minimum absolute atomic E-state index is 0.0245. The Morgan fingerprint density at radius 2 is 1.70 bits per heavy atom. The molecule has 0 spiro atoms. The molecule has 0 aliphatic heterocycles. The van der Waals surface area contributed by atoms with E-state index < -0.39 is 18.8 Å². The largest absolute Gasteiger partial charge is 0.394 e. The molecule has 4 N–H and O–H groups in total. The van der Waals surface area contributed by atoms with Crippen LogP contribution in [0.4, 0.5) is 11.4 Å². The molecule has 8 heteroatoms. The van der Waals surface area contributed by atoms with E-state index in [-0.39, 0.29) is 12.3 Å². The van der Waals surface area contributed by atoms with E-state index >= 15 is 0 Å². The lowest BCUT2D eigenvalue weighted by atomic mass is 10.1. The number of para-hydroxylation sites is 2. The Kier molecular flexibility index (Phi) is 7.65. The van der Waals surface area contributed by atoms with E-state index in [9.17, 15) is 15.0 Å². The molecule has 0 aliphatic carbocycles. The molecular formula is C22H21Cl2N3O3. The summed E-state index contributed by atoms with van der Waals surface area (Å²) in [6.45, 7) is -0.432. The van der Waals surface area contributed by atoms with Crippen LogP contribution in [0.15, 0.2) is 66.9 Å². The quantitative estimate of drug-likeness (QED) is 0.421. The van der Waals surface area contributed by atoms with Crippen molar-refractivity contribution in [3.63, 3.8) is 0 Å². The Labute approximate surface area is 184 Å². The standard InChI is InChI=1S/C22H21Cl2N3O3/c23-15-7-5-8-16(24)21(15)27-17-9-2-1-6-14(17)12-20(29)26-19(13-28)22(30)18-10-3-4-11-25-18/h1-11,19,22,27-28,30H,12-13H2,(H,26,29). The van der Waals surface area contributed by atoms with Gasteiger partial charge in [0.15, 0.2) is 0 Å². The Hall–Kier alpha value is -2.64. The van der Waals surface area contributed by atoms with Crippen molar-refractivity contribution < 1.29 is 15.0 Å². The van der Waals surface area contributed by atoms with Crippen molar-refractivity contribution in [1.29, 1.82) is 0 Å². The van der Waals surface area contributed by atoms with Crippen molar-refractivity contribution in [2.24, 2.45) is 0 Å². The molecule has 2 unspecified atom stereocenters. The number of nitrogens with zero attached hydrogens (tertiary/aromatic N) is 1. The number of nitrogens with one attached hydrogen (secondary N) is 2. The SMILES string of the molecule is O=C(Cc1ccccc1Nc1c(Cl)cccc1Cl)NC(CO)C(O)c1ccccn1. The Balaban J connectivity index is 1.72. The van der Waals surface area contributed by atoms with Crippen LogP contribution in [0.1, 0.15) is 17.4 Å². The second-order valence-corrected chi connectivity index (χ2v) is 7.43. The number of halogens is 2. The molecule has 0 saturated carbocycles. The average molecular weight is 446 g/mol. The molecule has 2 atom stereocenters. The highest BCUT2D eigenvalue weighted by Gasteiger charge is 2.23. The summed E-state index contributed by atoms with van der Waals surface area (Å²) >= 11 is 12.5. The van der Waals surface area contributed by atoms with Crippen LogP contribution in [0.2, 0.25) is 10.0 Å².